The first kappa shape index (κ1) is 24.3. The number of hydrogen-bond acceptors (Lipinski definition) is 6. The van der Waals surface area contributed by atoms with Crippen LogP contribution in [0.1, 0.15) is 51.9 Å². The van der Waals surface area contributed by atoms with Crippen LogP contribution in [0.3, 0.4) is 0 Å². The number of carbonyl (C=O) groups excluding carboxylic acids is 2. The fraction of sp³-hybridized carbons (Fsp3) is 0.458. The van der Waals surface area contributed by atoms with E-state index in [1.54, 1.807) is 20.1 Å². The van der Waals surface area contributed by atoms with Crippen molar-refractivity contribution >= 4 is 29.0 Å². The Labute approximate surface area is 183 Å². The predicted octanol–water partition coefficient (Wildman–Crippen LogP) is 4.66. The molecule has 0 saturated heterocycles. The number of esters is 1. The molecule has 0 bridgehead atoms. The predicted molar refractivity (Wildman–Crippen MR) is 121 cm³/mol. The van der Waals surface area contributed by atoms with Gasteiger partial charge in [0.05, 0.1) is 31.0 Å². The highest BCUT2D eigenvalue weighted by Gasteiger charge is 2.31. The Balaban J connectivity index is 2.25. The molecule has 31 heavy (non-hydrogen) atoms. The van der Waals surface area contributed by atoms with Crippen molar-refractivity contribution < 1.29 is 23.8 Å². The molecule has 0 radical (unpaired) electrons. The van der Waals surface area contributed by atoms with Crippen LogP contribution in [-0.2, 0) is 19.0 Å². The molecule has 2 rings (SSSR count). The zero-order chi connectivity index (χ0) is 23.2. The van der Waals surface area contributed by atoms with Crippen LogP contribution in [0.2, 0.25) is 0 Å². The molecule has 0 spiro atoms. The van der Waals surface area contributed by atoms with Gasteiger partial charge >= 0.3 is 12.1 Å². The largest absolute Gasteiger partial charge is 0.468 e. The van der Waals surface area contributed by atoms with Gasteiger partial charge in [-0.05, 0) is 52.3 Å². The fourth-order valence-corrected chi connectivity index (χ4v) is 3.04. The number of fused-ring (bicyclic) bond motifs is 1. The Bertz CT molecular complexity index is 964. The van der Waals surface area contributed by atoms with Gasteiger partial charge in [-0.2, -0.15) is 0 Å². The number of pyridine rings is 1. The van der Waals surface area contributed by atoms with Crippen LogP contribution in [0, 0.1) is 5.41 Å². The number of nitrogens with zero attached hydrogens (tertiary/aromatic N) is 1. The standard InChI is InChI=1S/C24H32N2O5/c1-16(25-22(28)31-23(2,3)4)19-11-10-18-9-8-17(14-20(18)26-19)12-13-24(5,15-29-6)21(27)30-7/h8-14,16H,15H2,1-7H3,(H,25,28)/b13-12+/t16-,24+/m1/s1. The van der Waals surface area contributed by atoms with Gasteiger partial charge in [0.15, 0.2) is 0 Å². The third-order valence-electron chi connectivity index (χ3n) is 4.65. The van der Waals surface area contributed by atoms with Crippen LogP contribution in [0.4, 0.5) is 4.79 Å². The first-order valence-electron chi connectivity index (χ1n) is 10.1. The van der Waals surface area contributed by atoms with E-state index in [0.717, 1.165) is 22.2 Å². The van der Waals surface area contributed by atoms with Crippen LogP contribution in [-0.4, -0.2) is 43.5 Å². The molecular weight excluding hydrogens is 396 g/mol. The molecule has 1 N–H and O–H groups in total. The Kier molecular flexibility index (Phi) is 7.79. The first-order chi connectivity index (χ1) is 14.5. The van der Waals surface area contributed by atoms with E-state index < -0.39 is 17.1 Å². The molecule has 1 amide bonds. The molecule has 0 saturated carbocycles. The van der Waals surface area contributed by atoms with Crippen LogP contribution in [0.5, 0.6) is 0 Å². The van der Waals surface area contributed by atoms with Gasteiger partial charge in [0.1, 0.15) is 11.0 Å². The zero-order valence-electron chi connectivity index (χ0n) is 19.3. The number of amides is 1. The Morgan fingerprint density at radius 2 is 1.81 bits per heavy atom. The maximum absolute atomic E-state index is 12.1. The summed E-state index contributed by atoms with van der Waals surface area (Å²) in [6.07, 6.45) is 3.14. The number of rotatable bonds is 7. The number of benzene rings is 1. The van der Waals surface area contributed by atoms with Gasteiger partial charge in [0, 0.05) is 12.5 Å². The lowest BCUT2D eigenvalue weighted by Gasteiger charge is -2.22. The zero-order valence-corrected chi connectivity index (χ0v) is 19.3. The monoisotopic (exact) mass is 428 g/mol. The third-order valence-corrected chi connectivity index (χ3v) is 4.65. The molecule has 1 aromatic carbocycles. The van der Waals surface area contributed by atoms with Crippen LogP contribution in [0.25, 0.3) is 17.0 Å². The SMILES string of the molecule is COC[C@](C)(/C=C/c1ccc2ccc([C@@H](C)NC(=O)OC(C)(C)C)nc2c1)C(=O)OC. The minimum Gasteiger partial charge on any atom is -0.468 e. The second-order valence-corrected chi connectivity index (χ2v) is 8.73. The first-order valence-corrected chi connectivity index (χ1v) is 10.1. The van der Waals surface area contributed by atoms with E-state index in [-0.39, 0.29) is 18.6 Å². The molecule has 1 heterocycles. The topological polar surface area (TPSA) is 86.8 Å². The van der Waals surface area contributed by atoms with Gasteiger partial charge in [0.2, 0.25) is 0 Å². The number of ether oxygens (including phenoxy) is 3. The normalized spacial score (nSPS) is 14.8. The van der Waals surface area contributed by atoms with E-state index in [1.807, 2.05) is 64.1 Å². The van der Waals surface area contributed by atoms with E-state index in [1.165, 1.54) is 7.11 Å². The Morgan fingerprint density at radius 3 is 2.42 bits per heavy atom. The summed E-state index contributed by atoms with van der Waals surface area (Å²) >= 11 is 0. The summed E-state index contributed by atoms with van der Waals surface area (Å²) in [5, 5.41) is 3.78. The second-order valence-electron chi connectivity index (χ2n) is 8.73. The van der Waals surface area contributed by atoms with Crippen molar-refractivity contribution in [3.05, 3.63) is 47.7 Å². The quantitative estimate of drug-likeness (QED) is 0.646. The van der Waals surface area contributed by atoms with Crippen molar-refractivity contribution in [1.82, 2.24) is 10.3 Å². The van der Waals surface area contributed by atoms with Gasteiger partial charge in [-0.15, -0.1) is 0 Å². The van der Waals surface area contributed by atoms with E-state index in [0.29, 0.717) is 0 Å². The van der Waals surface area contributed by atoms with Crippen molar-refractivity contribution in [3.8, 4) is 0 Å². The van der Waals surface area contributed by atoms with Gasteiger partial charge in [-0.25, -0.2) is 4.79 Å². The van der Waals surface area contributed by atoms with Crippen molar-refractivity contribution in [1.29, 1.82) is 0 Å². The molecule has 0 aliphatic rings. The molecule has 0 aliphatic heterocycles. The summed E-state index contributed by atoms with van der Waals surface area (Å²) in [7, 11) is 2.90. The minimum absolute atomic E-state index is 0.208. The van der Waals surface area contributed by atoms with Gasteiger partial charge in [-0.3, -0.25) is 9.78 Å². The van der Waals surface area contributed by atoms with E-state index in [2.05, 4.69) is 5.32 Å². The number of hydrogen-bond donors (Lipinski definition) is 1. The highest BCUT2D eigenvalue weighted by molar-refractivity contribution is 5.83. The average molecular weight is 429 g/mol. The van der Waals surface area contributed by atoms with Crippen molar-refractivity contribution in [2.45, 2.75) is 46.3 Å². The highest BCUT2D eigenvalue weighted by Crippen LogP contribution is 2.24. The Hall–Kier alpha value is -2.93. The number of methoxy groups -OCH3 is 2. The maximum Gasteiger partial charge on any atom is 0.408 e. The second kappa shape index (κ2) is 9.92. The maximum atomic E-state index is 12.1. The molecule has 0 fully saturated rings. The molecule has 7 nitrogen and oxygen atoms in total. The highest BCUT2D eigenvalue weighted by atomic mass is 16.6. The summed E-state index contributed by atoms with van der Waals surface area (Å²) in [6.45, 7) is 9.28. The minimum atomic E-state index is -0.889. The van der Waals surface area contributed by atoms with Crippen LogP contribution >= 0.6 is 0 Å². The summed E-state index contributed by atoms with van der Waals surface area (Å²) < 4.78 is 15.4. The summed E-state index contributed by atoms with van der Waals surface area (Å²) in [6, 6.07) is 9.37. The summed E-state index contributed by atoms with van der Waals surface area (Å²) in [4.78, 5) is 28.9. The summed E-state index contributed by atoms with van der Waals surface area (Å²) in [5.41, 5.74) is 0.932. The molecule has 0 unspecified atom stereocenters. The number of carbonyl (C=O) groups is 2. The molecule has 0 aliphatic carbocycles. The number of nitrogens with one attached hydrogen (secondary N) is 1. The van der Waals surface area contributed by atoms with Crippen molar-refractivity contribution in [2.24, 2.45) is 5.41 Å². The van der Waals surface area contributed by atoms with Gasteiger partial charge in [0.25, 0.3) is 0 Å². The number of aromatic nitrogens is 1. The van der Waals surface area contributed by atoms with Crippen LogP contribution < -0.4 is 5.32 Å². The molecular formula is C24H32N2O5. The summed E-state index contributed by atoms with van der Waals surface area (Å²) in [5.74, 6) is -0.367. The van der Waals surface area contributed by atoms with Crippen molar-refractivity contribution in [3.63, 3.8) is 0 Å². The van der Waals surface area contributed by atoms with Crippen LogP contribution in [0.15, 0.2) is 36.4 Å². The van der Waals surface area contributed by atoms with E-state index in [4.69, 9.17) is 19.2 Å². The lowest BCUT2D eigenvalue weighted by molar-refractivity contribution is -0.151. The Morgan fingerprint density at radius 1 is 1.13 bits per heavy atom. The van der Waals surface area contributed by atoms with Gasteiger partial charge in [-0.1, -0.05) is 30.4 Å². The van der Waals surface area contributed by atoms with E-state index >= 15 is 0 Å². The molecule has 168 valence electrons. The average Bonchev–Trinajstić information content (AvgIpc) is 2.69. The molecule has 2 atom stereocenters. The molecule has 1 aromatic heterocycles. The number of alkyl carbamates (subject to hydrolysis) is 1. The third kappa shape index (κ3) is 6.79. The fourth-order valence-electron chi connectivity index (χ4n) is 3.04. The van der Waals surface area contributed by atoms with Crippen molar-refractivity contribution in [2.75, 3.05) is 20.8 Å². The van der Waals surface area contributed by atoms with E-state index in [9.17, 15) is 9.59 Å². The molecule has 7 heteroatoms. The smallest absolute Gasteiger partial charge is 0.408 e. The molecule has 2 aromatic rings. The van der Waals surface area contributed by atoms with Gasteiger partial charge < -0.3 is 19.5 Å². The lowest BCUT2D eigenvalue weighted by atomic mass is 9.90. The lowest BCUT2D eigenvalue weighted by Crippen LogP contribution is -2.34.